The third-order valence-electron chi connectivity index (χ3n) is 4.28. The van der Waals surface area contributed by atoms with Gasteiger partial charge < -0.3 is 19.6 Å². The van der Waals surface area contributed by atoms with Crippen LogP contribution in [0, 0.1) is 5.82 Å². The molecule has 26 heavy (non-hydrogen) atoms. The molecule has 1 aromatic heterocycles. The van der Waals surface area contributed by atoms with Crippen LogP contribution < -0.4 is 5.32 Å². The van der Waals surface area contributed by atoms with E-state index in [4.69, 9.17) is 0 Å². The highest BCUT2D eigenvalue weighted by Gasteiger charge is 2.21. The first-order chi connectivity index (χ1) is 12.6. The molecule has 2 aromatic rings. The van der Waals surface area contributed by atoms with Crippen molar-refractivity contribution >= 4 is 17.6 Å². The molecule has 7 nitrogen and oxygen atoms in total. The molecule has 0 spiro atoms. The molecule has 0 radical (unpaired) electrons. The van der Waals surface area contributed by atoms with Crippen LogP contribution in [0.3, 0.4) is 0 Å². The fraction of sp³-hybridized carbons (Fsp3) is 0.389. The predicted molar refractivity (Wildman–Crippen MR) is 93.1 cm³/mol. The summed E-state index contributed by atoms with van der Waals surface area (Å²) in [5.41, 5.74) is 0.223. The quantitative estimate of drug-likeness (QED) is 0.817. The number of halogens is 1. The van der Waals surface area contributed by atoms with E-state index in [0.717, 1.165) is 25.9 Å². The zero-order valence-electron chi connectivity index (χ0n) is 14.4. The Balaban J connectivity index is 1.67. The third kappa shape index (κ3) is 4.89. The molecule has 1 N–H and O–H groups in total. The number of hydrogen-bond donors (Lipinski definition) is 1. The lowest BCUT2D eigenvalue weighted by molar-refractivity contribution is -0.117. The van der Waals surface area contributed by atoms with E-state index in [-0.39, 0.29) is 29.7 Å². The van der Waals surface area contributed by atoms with Crippen LogP contribution >= 0.6 is 0 Å². The summed E-state index contributed by atoms with van der Waals surface area (Å²) in [6, 6.07) is 7.00. The van der Waals surface area contributed by atoms with Crippen LogP contribution in [0.2, 0.25) is 0 Å². The largest absolute Gasteiger partial charge is 0.363 e. The molecule has 0 aliphatic carbocycles. The molecule has 0 unspecified atom stereocenters. The molecule has 1 aliphatic rings. The summed E-state index contributed by atoms with van der Waals surface area (Å²) in [4.78, 5) is 28.7. The van der Waals surface area contributed by atoms with Gasteiger partial charge in [0, 0.05) is 24.7 Å². The summed E-state index contributed by atoms with van der Waals surface area (Å²) in [5, 5.41) is 6.19. The number of rotatable bonds is 7. The zero-order chi connectivity index (χ0) is 18.4. The number of benzene rings is 1. The van der Waals surface area contributed by atoms with Crippen molar-refractivity contribution in [3.63, 3.8) is 0 Å². The molecule has 0 saturated carbocycles. The fourth-order valence-electron chi connectivity index (χ4n) is 2.96. The van der Waals surface area contributed by atoms with Crippen molar-refractivity contribution in [3.05, 3.63) is 48.0 Å². The summed E-state index contributed by atoms with van der Waals surface area (Å²) in [6.07, 6.45) is 3.63. The van der Waals surface area contributed by atoms with Crippen molar-refractivity contribution < 1.29 is 18.5 Å². The van der Waals surface area contributed by atoms with Gasteiger partial charge >= 0.3 is 0 Å². The minimum Gasteiger partial charge on any atom is -0.363 e. The second kappa shape index (κ2) is 8.57. The summed E-state index contributed by atoms with van der Waals surface area (Å²) in [6.45, 7) is 2.91. The predicted octanol–water partition coefficient (Wildman–Crippen LogP) is 1.99. The maximum atomic E-state index is 13.5. The standard InChI is InChI=1S/C18H21FN4O3/c19-15-5-3-4-14(12-15)18(25)23(10-9-22-7-1-2-8-22)13-17(24)20-16-6-11-26-21-16/h3-6,11-12H,1-2,7-10,13H2,(H,20,21,24). The van der Waals surface area contributed by atoms with Gasteiger partial charge in [0.1, 0.15) is 18.6 Å². The Morgan fingerprint density at radius 3 is 2.77 bits per heavy atom. The lowest BCUT2D eigenvalue weighted by Gasteiger charge is -2.25. The van der Waals surface area contributed by atoms with Crippen molar-refractivity contribution in [2.75, 3.05) is 38.0 Å². The molecule has 3 rings (SSSR count). The Morgan fingerprint density at radius 1 is 1.27 bits per heavy atom. The monoisotopic (exact) mass is 360 g/mol. The highest BCUT2D eigenvalue weighted by atomic mass is 19.1. The molecular weight excluding hydrogens is 339 g/mol. The average molecular weight is 360 g/mol. The van der Waals surface area contributed by atoms with Crippen LogP contribution in [-0.2, 0) is 4.79 Å². The normalized spacial score (nSPS) is 14.3. The van der Waals surface area contributed by atoms with Crippen molar-refractivity contribution in [2.45, 2.75) is 12.8 Å². The van der Waals surface area contributed by atoms with E-state index in [1.54, 1.807) is 6.07 Å². The smallest absolute Gasteiger partial charge is 0.254 e. The molecule has 1 fully saturated rings. The second-order valence-corrected chi connectivity index (χ2v) is 6.22. The topological polar surface area (TPSA) is 78.7 Å². The van der Waals surface area contributed by atoms with E-state index in [0.29, 0.717) is 13.1 Å². The highest BCUT2D eigenvalue weighted by Crippen LogP contribution is 2.11. The molecule has 1 aromatic carbocycles. The SMILES string of the molecule is O=C(CN(CCN1CCCC1)C(=O)c1cccc(F)c1)Nc1ccon1. The molecule has 8 heteroatoms. The Morgan fingerprint density at radius 2 is 2.08 bits per heavy atom. The maximum absolute atomic E-state index is 13.5. The summed E-state index contributed by atoms with van der Waals surface area (Å²) in [5.74, 6) is -0.959. The number of amides is 2. The van der Waals surface area contributed by atoms with Gasteiger partial charge in [-0.15, -0.1) is 0 Å². The lowest BCUT2D eigenvalue weighted by atomic mass is 10.2. The number of nitrogens with zero attached hydrogens (tertiary/aromatic N) is 3. The van der Waals surface area contributed by atoms with Gasteiger partial charge in [0.25, 0.3) is 5.91 Å². The van der Waals surface area contributed by atoms with Crippen LogP contribution in [0.4, 0.5) is 10.2 Å². The van der Waals surface area contributed by atoms with Gasteiger partial charge in [0.15, 0.2) is 5.82 Å². The van der Waals surface area contributed by atoms with E-state index in [1.165, 1.54) is 35.4 Å². The van der Waals surface area contributed by atoms with Crippen molar-refractivity contribution in [2.24, 2.45) is 0 Å². The third-order valence-corrected chi connectivity index (χ3v) is 4.28. The van der Waals surface area contributed by atoms with Crippen LogP contribution in [-0.4, -0.2) is 59.5 Å². The number of aromatic nitrogens is 1. The second-order valence-electron chi connectivity index (χ2n) is 6.22. The number of likely N-dealkylation sites (tertiary alicyclic amines) is 1. The van der Waals surface area contributed by atoms with Gasteiger partial charge in [-0.05, 0) is 44.1 Å². The number of carbonyl (C=O) groups excluding carboxylic acids is 2. The number of carbonyl (C=O) groups is 2. The van der Waals surface area contributed by atoms with Gasteiger partial charge in [0.05, 0.1) is 0 Å². The fourth-order valence-corrected chi connectivity index (χ4v) is 2.96. The Bertz CT molecular complexity index is 745. The van der Waals surface area contributed by atoms with E-state index in [1.807, 2.05) is 0 Å². The minimum atomic E-state index is -0.484. The van der Waals surface area contributed by atoms with Crippen LogP contribution in [0.25, 0.3) is 0 Å². The van der Waals surface area contributed by atoms with Crippen molar-refractivity contribution in [1.29, 1.82) is 0 Å². The molecule has 0 bridgehead atoms. The van der Waals surface area contributed by atoms with Gasteiger partial charge in [-0.1, -0.05) is 11.2 Å². The molecule has 0 atom stereocenters. The Labute approximate surface area is 150 Å². The van der Waals surface area contributed by atoms with Crippen LogP contribution in [0.5, 0.6) is 0 Å². The first-order valence-electron chi connectivity index (χ1n) is 8.59. The molecule has 1 aliphatic heterocycles. The molecule has 2 heterocycles. The van der Waals surface area contributed by atoms with Gasteiger partial charge in [-0.3, -0.25) is 9.59 Å². The van der Waals surface area contributed by atoms with E-state index < -0.39 is 5.82 Å². The summed E-state index contributed by atoms with van der Waals surface area (Å²) < 4.78 is 18.1. The van der Waals surface area contributed by atoms with Crippen LogP contribution in [0.1, 0.15) is 23.2 Å². The molecular formula is C18H21FN4O3. The molecule has 1 saturated heterocycles. The lowest BCUT2D eigenvalue weighted by Crippen LogP contribution is -2.42. The Kier molecular flexibility index (Phi) is 5.96. The number of hydrogen-bond acceptors (Lipinski definition) is 5. The van der Waals surface area contributed by atoms with E-state index in [9.17, 15) is 14.0 Å². The maximum Gasteiger partial charge on any atom is 0.254 e. The number of anilines is 1. The zero-order valence-corrected chi connectivity index (χ0v) is 14.4. The van der Waals surface area contributed by atoms with Crippen molar-refractivity contribution in [3.8, 4) is 0 Å². The van der Waals surface area contributed by atoms with E-state index in [2.05, 4.69) is 19.9 Å². The summed E-state index contributed by atoms with van der Waals surface area (Å²) >= 11 is 0. The Hall–Kier alpha value is -2.74. The van der Waals surface area contributed by atoms with Crippen molar-refractivity contribution in [1.82, 2.24) is 15.0 Å². The molecule has 2 amide bonds. The van der Waals surface area contributed by atoms with Gasteiger partial charge in [0.2, 0.25) is 5.91 Å². The van der Waals surface area contributed by atoms with E-state index >= 15 is 0 Å². The number of nitrogens with one attached hydrogen (secondary N) is 1. The average Bonchev–Trinajstić information content (AvgIpc) is 3.31. The summed E-state index contributed by atoms with van der Waals surface area (Å²) in [7, 11) is 0. The highest BCUT2D eigenvalue weighted by molar-refractivity contribution is 5.99. The minimum absolute atomic E-state index is 0.143. The van der Waals surface area contributed by atoms with Gasteiger partial charge in [-0.25, -0.2) is 4.39 Å². The first-order valence-corrected chi connectivity index (χ1v) is 8.59. The molecule has 138 valence electrons. The van der Waals surface area contributed by atoms with Gasteiger partial charge in [-0.2, -0.15) is 0 Å². The first kappa shape index (κ1) is 18.1. The van der Waals surface area contributed by atoms with Crippen LogP contribution in [0.15, 0.2) is 41.1 Å².